The SMILES string of the molecule is CCN(C(=O)OCc1ccc([N+](=O)[O-])cc1)C1CCN(CC2CCC(C(CC3CC3)C(=O)O)C2)CC1.c1ccccc1. The Morgan fingerprint density at radius 3 is 2.10 bits per heavy atom. The van der Waals surface area contributed by atoms with Gasteiger partial charge in [0.15, 0.2) is 0 Å². The lowest BCUT2D eigenvalue weighted by molar-refractivity contribution is -0.384. The standard InChI is InChI=1S/C27H39N3O6.C6H6/c1-2-29(27(33)36-18-20-6-9-24(10-7-20)30(34)35)23-11-13-28(14-12-23)17-21-5-8-22(15-21)25(26(31)32)16-19-3-4-19;1-2-4-6-5-3-1/h6-7,9-10,19,21-23,25H,2-5,8,11-18H2,1H3,(H,31,32);1-6H. The quantitative estimate of drug-likeness (QED) is 0.235. The first kappa shape index (κ1) is 31.5. The second kappa shape index (κ2) is 15.7. The maximum atomic E-state index is 12.8. The Morgan fingerprint density at radius 2 is 1.57 bits per heavy atom. The van der Waals surface area contributed by atoms with Gasteiger partial charge in [0.2, 0.25) is 0 Å². The second-order valence-electron chi connectivity index (χ2n) is 12.0. The predicted octanol–water partition coefficient (Wildman–Crippen LogP) is 6.62. The average Bonchev–Trinajstić information content (AvgIpc) is 3.73. The van der Waals surface area contributed by atoms with Crippen LogP contribution >= 0.6 is 0 Å². The molecule has 0 bridgehead atoms. The van der Waals surface area contributed by atoms with Gasteiger partial charge in [-0.1, -0.05) is 49.2 Å². The topological polar surface area (TPSA) is 113 Å². The molecular formula is C33H45N3O6. The van der Waals surface area contributed by atoms with Crippen LogP contribution in [0.5, 0.6) is 0 Å². The summed E-state index contributed by atoms with van der Waals surface area (Å²) in [4.78, 5) is 39.2. The molecule has 2 saturated carbocycles. The second-order valence-corrected chi connectivity index (χ2v) is 12.0. The molecule has 0 radical (unpaired) electrons. The van der Waals surface area contributed by atoms with Crippen LogP contribution in [0.4, 0.5) is 10.5 Å². The van der Waals surface area contributed by atoms with Gasteiger partial charge in [-0.2, -0.15) is 0 Å². The Bertz CT molecular complexity index is 1110. The van der Waals surface area contributed by atoms with Crippen molar-refractivity contribution in [2.24, 2.45) is 23.7 Å². The number of rotatable bonds is 11. The van der Waals surface area contributed by atoms with Crippen LogP contribution in [0.25, 0.3) is 0 Å². The Morgan fingerprint density at radius 1 is 0.976 bits per heavy atom. The molecule has 1 saturated heterocycles. The minimum absolute atomic E-state index is 0.0140. The summed E-state index contributed by atoms with van der Waals surface area (Å²) in [6.45, 7) is 5.51. The monoisotopic (exact) mass is 579 g/mol. The van der Waals surface area contributed by atoms with Crippen LogP contribution in [0.15, 0.2) is 60.7 Å². The lowest BCUT2D eigenvalue weighted by Gasteiger charge is -2.38. The van der Waals surface area contributed by atoms with Crippen molar-refractivity contribution in [2.75, 3.05) is 26.2 Å². The first-order valence-corrected chi connectivity index (χ1v) is 15.5. The molecule has 1 amide bonds. The van der Waals surface area contributed by atoms with Crippen molar-refractivity contribution in [2.45, 2.75) is 70.9 Å². The molecule has 2 aromatic carbocycles. The summed E-state index contributed by atoms with van der Waals surface area (Å²) < 4.78 is 5.51. The van der Waals surface area contributed by atoms with Crippen LogP contribution in [-0.4, -0.2) is 64.1 Å². The summed E-state index contributed by atoms with van der Waals surface area (Å²) in [5, 5.41) is 20.5. The van der Waals surface area contributed by atoms with Gasteiger partial charge < -0.3 is 19.6 Å². The summed E-state index contributed by atoms with van der Waals surface area (Å²) in [5.41, 5.74) is 0.733. The number of non-ortho nitro benzene ring substituents is 1. The van der Waals surface area contributed by atoms with Gasteiger partial charge in [0, 0.05) is 44.4 Å². The summed E-state index contributed by atoms with van der Waals surface area (Å²) in [6, 6.07) is 18.2. The van der Waals surface area contributed by atoms with Crippen LogP contribution in [0.1, 0.15) is 63.9 Å². The maximum absolute atomic E-state index is 12.8. The van der Waals surface area contributed by atoms with Crippen LogP contribution < -0.4 is 0 Å². The third kappa shape index (κ3) is 9.54. The predicted molar refractivity (Wildman–Crippen MR) is 161 cm³/mol. The van der Waals surface area contributed by atoms with Gasteiger partial charge in [-0.15, -0.1) is 0 Å². The number of ether oxygens (including phenoxy) is 1. The number of nitro benzene ring substituents is 1. The fourth-order valence-corrected chi connectivity index (χ4v) is 6.49. The highest BCUT2D eigenvalue weighted by atomic mass is 16.6. The fraction of sp³-hybridized carbons (Fsp3) is 0.576. The average molecular weight is 580 g/mol. The van der Waals surface area contributed by atoms with Gasteiger partial charge in [0.1, 0.15) is 6.61 Å². The third-order valence-corrected chi connectivity index (χ3v) is 9.02. The largest absolute Gasteiger partial charge is 0.481 e. The van der Waals surface area contributed by atoms with E-state index in [4.69, 9.17) is 4.74 Å². The molecule has 9 nitrogen and oxygen atoms in total. The van der Waals surface area contributed by atoms with Gasteiger partial charge in [0.05, 0.1) is 10.8 Å². The molecular weight excluding hydrogens is 534 g/mol. The molecule has 228 valence electrons. The third-order valence-electron chi connectivity index (χ3n) is 9.02. The Balaban J connectivity index is 0.000000600. The smallest absolute Gasteiger partial charge is 0.410 e. The molecule has 2 aliphatic carbocycles. The van der Waals surface area contributed by atoms with E-state index in [0.29, 0.717) is 24.3 Å². The first-order chi connectivity index (χ1) is 20.3. The van der Waals surface area contributed by atoms with Gasteiger partial charge in [-0.3, -0.25) is 14.9 Å². The van der Waals surface area contributed by atoms with E-state index in [2.05, 4.69) is 4.90 Å². The molecule has 1 aliphatic heterocycles. The number of nitro groups is 1. The number of benzene rings is 2. The number of nitrogens with zero attached hydrogens (tertiary/aromatic N) is 3. The fourth-order valence-electron chi connectivity index (χ4n) is 6.49. The molecule has 2 aromatic rings. The van der Waals surface area contributed by atoms with Crippen molar-refractivity contribution >= 4 is 17.7 Å². The molecule has 9 heteroatoms. The van der Waals surface area contributed by atoms with Crippen molar-refractivity contribution in [3.05, 3.63) is 76.3 Å². The number of piperidine rings is 1. The number of carboxylic acid groups (broad SMARTS) is 1. The Hall–Kier alpha value is -3.46. The van der Waals surface area contributed by atoms with Crippen LogP contribution in [-0.2, 0) is 16.1 Å². The number of aliphatic carboxylic acids is 1. The zero-order chi connectivity index (χ0) is 29.9. The van der Waals surface area contributed by atoms with E-state index in [1.165, 1.54) is 25.0 Å². The van der Waals surface area contributed by atoms with E-state index < -0.39 is 10.9 Å². The Kier molecular flexibility index (Phi) is 11.7. The summed E-state index contributed by atoms with van der Waals surface area (Å²) >= 11 is 0. The molecule has 42 heavy (non-hydrogen) atoms. The molecule has 3 fully saturated rings. The Labute approximate surface area is 249 Å². The highest BCUT2D eigenvalue weighted by Gasteiger charge is 2.39. The number of likely N-dealkylation sites (tertiary alicyclic amines) is 1. The van der Waals surface area contributed by atoms with Gasteiger partial charge >= 0.3 is 12.1 Å². The van der Waals surface area contributed by atoms with Crippen LogP contribution in [0, 0.1) is 33.8 Å². The molecule has 3 unspecified atom stereocenters. The number of hydrogen-bond donors (Lipinski definition) is 1. The van der Waals surface area contributed by atoms with E-state index in [-0.39, 0.29) is 30.3 Å². The highest BCUT2D eigenvalue weighted by Crippen LogP contribution is 2.43. The minimum atomic E-state index is -0.603. The van der Waals surface area contributed by atoms with Crippen molar-refractivity contribution in [1.29, 1.82) is 0 Å². The lowest BCUT2D eigenvalue weighted by Crippen LogP contribution is -2.48. The zero-order valence-electron chi connectivity index (χ0n) is 24.7. The minimum Gasteiger partial charge on any atom is -0.481 e. The highest BCUT2D eigenvalue weighted by molar-refractivity contribution is 5.70. The number of amides is 1. The van der Waals surface area contributed by atoms with Crippen LogP contribution in [0.3, 0.4) is 0 Å². The van der Waals surface area contributed by atoms with E-state index >= 15 is 0 Å². The number of hydrogen-bond acceptors (Lipinski definition) is 6. The molecule has 1 N–H and O–H groups in total. The van der Waals surface area contributed by atoms with Gasteiger partial charge in [-0.25, -0.2) is 4.79 Å². The molecule has 0 aromatic heterocycles. The number of carboxylic acids is 1. The van der Waals surface area contributed by atoms with E-state index in [1.54, 1.807) is 17.0 Å². The summed E-state index contributed by atoms with van der Waals surface area (Å²) in [5.74, 6) is 0.775. The molecule has 0 spiro atoms. The molecule has 3 atom stereocenters. The maximum Gasteiger partial charge on any atom is 0.410 e. The number of carbonyl (C=O) groups is 2. The van der Waals surface area contributed by atoms with Crippen molar-refractivity contribution in [3.8, 4) is 0 Å². The molecule has 3 aliphatic rings. The number of carbonyl (C=O) groups excluding carboxylic acids is 1. The molecule has 1 heterocycles. The van der Waals surface area contributed by atoms with Crippen molar-refractivity contribution < 1.29 is 24.4 Å². The van der Waals surface area contributed by atoms with Gasteiger partial charge in [0.25, 0.3) is 5.69 Å². The van der Waals surface area contributed by atoms with Crippen LogP contribution in [0.2, 0.25) is 0 Å². The first-order valence-electron chi connectivity index (χ1n) is 15.5. The van der Waals surface area contributed by atoms with Crippen molar-refractivity contribution in [3.63, 3.8) is 0 Å². The summed E-state index contributed by atoms with van der Waals surface area (Å²) in [7, 11) is 0. The van der Waals surface area contributed by atoms with Gasteiger partial charge in [-0.05, 0) is 80.9 Å². The van der Waals surface area contributed by atoms with E-state index in [9.17, 15) is 24.8 Å². The molecule has 5 rings (SSSR count). The van der Waals surface area contributed by atoms with E-state index in [1.807, 2.05) is 43.3 Å². The normalized spacial score (nSPS) is 21.5. The van der Waals surface area contributed by atoms with E-state index in [0.717, 1.165) is 63.7 Å². The summed E-state index contributed by atoms with van der Waals surface area (Å²) in [6.07, 6.45) is 7.91. The zero-order valence-corrected chi connectivity index (χ0v) is 24.7. The lowest BCUT2D eigenvalue weighted by atomic mass is 9.86. The van der Waals surface area contributed by atoms with Crippen molar-refractivity contribution in [1.82, 2.24) is 9.80 Å².